The largest absolute Gasteiger partial charge is 0.465 e. The Morgan fingerprint density at radius 1 is 1.05 bits per heavy atom. The molecule has 1 unspecified atom stereocenters. The SMILES string of the molecule is COC(=O)c1ccc2c(c1)NC(=O)C2C(=Nc1ccc(CN(C)C)c(NS(C)(=O)=O)c1)c1ccccc1. The van der Waals surface area contributed by atoms with Crippen LogP contribution in [0.25, 0.3) is 0 Å². The van der Waals surface area contributed by atoms with Crippen molar-refractivity contribution in [1.82, 2.24) is 4.90 Å². The van der Waals surface area contributed by atoms with E-state index < -0.39 is 21.9 Å². The summed E-state index contributed by atoms with van der Waals surface area (Å²) in [6.45, 7) is 0.522. The Bertz CT molecular complexity index is 1480. The molecule has 1 aliphatic heterocycles. The fourth-order valence-corrected chi connectivity index (χ4v) is 4.82. The van der Waals surface area contributed by atoms with Crippen molar-refractivity contribution in [2.24, 2.45) is 4.99 Å². The minimum absolute atomic E-state index is 0.279. The molecular formula is C27H28N4O5S. The van der Waals surface area contributed by atoms with Gasteiger partial charge in [0.15, 0.2) is 0 Å². The fourth-order valence-electron chi connectivity index (χ4n) is 4.23. The van der Waals surface area contributed by atoms with Crippen molar-refractivity contribution in [2.75, 3.05) is 37.5 Å². The Hall–Kier alpha value is -4.02. The number of ether oxygens (including phenoxy) is 1. The summed E-state index contributed by atoms with van der Waals surface area (Å²) in [6, 6.07) is 19.5. The van der Waals surface area contributed by atoms with Gasteiger partial charge in [-0.05, 0) is 55.1 Å². The van der Waals surface area contributed by atoms with Crippen LogP contribution in [-0.2, 0) is 26.1 Å². The second kappa shape index (κ2) is 10.5. The van der Waals surface area contributed by atoms with Crippen molar-refractivity contribution in [3.63, 3.8) is 0 Å². The van der Waals surface area contributed by atoms with Gasteiger partial charge in [0.25, 0.3) is 0 Å². The van der Waals surface area contributed by atoms with Gasteiger partial charge < -0.3 is 15.0 Å². The number of nitrogens with zero attached hydrogens (tertiary/aromatic N) is 2. The van der Waals surface area contributed by atoms with Crippen LogP contribution in [0.15, 0.2) is 71.7 Å². The summed E-state index contributed by atoms with van der Waals surface area (Å²) in [5.74, 6) is -1.52. The van der Waals surface area contributed by atoms with E-state index in [4.69, 9.17) is 9.73 Å². The lowest BCUT2D eigenvalue weighted by molar-refractivity contribution is -0.115. The normalized spacial score (nSPS) is 15.3. The van der Waals surface area contributed by atoms with Gasteiger partial charge in [0.1, 0.15) is 5.92 Å². The van der Waals surface area contributed by atoms with Crippen LogP contribution in [0.5, 0.6) is 0 Å². The molecule has 0 radical (unpaired) electrons. The molecule has 37 heavy (non-hydrogen) atoms. The number of benzene rings is 3. The Labute approximate surface area is 216 Å². The standard InChI is InChI=1S/C27H28N4O5S/c1-31(2)16-19-10-12-20(15-22(19)30-37(4,34)35)28-25(17-8-6-5-7-9-17)24-21-13-11-18(27(33)36-3)14-23(21)29-26(24)32/h5-15,24,30H,16H2,1-4H3,(H,29,32). The molecule has 1 atom stereocenters. The molecule has 10 heteroatoms. The third-order valence-electron chi connectivity index (χ3n) is 5.77. The summed E-state index contributed by atoms with van der Waals surface area (Å²) in [5.41, 5.74) is 4.45. The number of esters is 1. The van der Waals surface area contributed by atoms with Gasteiger partial charge in [-0.15, -0.1) is 0 Å². The first-order chi connectivity index (χ1) is 17.6. The van der Waals surface area contributed by atoms with Crippen LogP contribution in [0.4, 0.5) is 17.1 Å². The third kappa shape index (κ3) is 6.04. The van der Waals surface area contributed by atoms with E-state index in [0.717, 1.165) is 17.4 Å². The number of carbonyl (C=O) groups is 2. The Kier molecular flexibility index (Phi) is 7.42. The summed E-state index contributed by atoms with van der Waals surface area (Å²) in [6.07, 6.45) is 1.10. The van der Waals surface area contributed by atoms with Crippen LogP contribution in [0.3, 0.4) is 0 Å². The number of hydrogen-bond acceptors (Lipinski definition) is 7. The highest BCUT2D eigenvalue weighted by Gasteiger charge is 2.36. The number of anilines is 2. The number of nitrogens with one attached hydrogen (secondary N) is 2. The van der Waals surface area contributed by atoms with Crippen LogP contribution in [-0.4, -0.2) is 58.4 Å². The van der Waals surface area contributed by atoms with Crippen LogP contribution in [0.2, 0.25) is 0 Å². The average molecular weight is 521 g/mol. The molecule has 0 spiro atoms. The fraction of sp³-hybridized carbons (Fsp3) is 0.222. The van der Waals surface area contributed by atoms with Crippen molar-refractivity contribution in [2.45, 2.75) is 12.5 Å². The Morgan fingerprint density at radius 2 is 1.78 bits per heavy atom. The van der Waals surface area contributed by atoms with Gasteiger partial charge in [-0.2, -0.15) is 0 Å². The van der Waals surface area contributed by atoms with E-state index >= 15 is 0 Å². The molecule has 0 aromatic heterocycles. The lowest BCUT2D eigenvalue weighted by Crippen LogP contribution is -2.22. The summed E-state index contributed by atoms with van der Waals surface area (Å²) in [7, 11) is 1.56. The number of rotatable bonds is 8. The Morgan fingerprint density at radius 3 is 2.43 bits per heavy atom. The van der Waals surface area contributed by atoms with Gasteiger partial charge in [0.05, 0.1) is 36.0 Å². The zero-order valence-electron chi connectivity index (χ0n) is 21.0. The van der Waals surface area contributed by atoms with Gasteiger partial charge in [0.2, 0.25) is 15.9 Å². The molecule has 192 valence electrons. The van der Waals surface area contributed by atoms with Crippen molar-refractivity contribution in [1.29, 1.82) is 0 Å². The number of carbonyl (C=O) groups excluding carboxylic acids is 2. The molecule has 1 amide bonds. The van der Waals surface area contributed by atoms with Crippen LogP contribution < -0.4 is 10.0 Å². The molecule has 3 aromatic carbocycles. The third-order valence-corrected chi connectivity index (χ3v) is 6.36. The molecular weight excluding hydrogens is 492 g/mol. The summed E-state index contributed by atoms with van der Waals surface area (Å²) < 4.78 is 31.4. The summed E-state index contributed by atoms with van der Waals surface area (Å²) in [4.78, 5) is 32.0. The predicted octanol–water partition coefficient (Wildman–Crippen LogP) is 3.76. The van der Waals surface area contributed by atoms with Gasteiger partial charge in [-0.25, -0.2) is 13.2 Å². The van der Waals surface area contributed by atoms with E-state index in [1.54, 1.807) is 30.3 Å². The zero-order valence-corrected chi connectivity index (χ0v) is 21.8. The molecule has 3 aromatic rings. The number of hydrogen-bond donors (Lipinski definition) is 2. The monoisotopic (exact) mass is 520 g/mol. The van der Waals surface area contributed by atoms with Crippen molar-refractivity contribution < 1.29 is 22.7 Å². The van der Waals surface area contributed by atoms with Crippen molar-refractivity contribution in [3.8, 4) is 0 Å². The maximum atomic E-state index is 13.2. The smallest absolute Gasteiger partial charge is 0.337 e. The Balaban J connectivity index is 1.84. The maximum absolute atomic E-state index is 13.2. The molecule has 4 rings (SSSR count). The molecule has 0 fully saturated rings. The first-order valence-corrected chi connectivity index (χ1v) is 13.4. The van der Waals surface area contributed by atoms with Crippen molar-refractivity contribution >= 4 is 44.7 Å². The first kappa shape index (κ1) is 26.1. The van der Waals surface area contributed by atoms with Gasteiger partial charge in [-0.3, -0.25) is 14.5 Å². The highest BCUT2D eigenvalue weighted by atomic mass is 32.2. The number of amides is 1. The van der Waals surface area contributed by atoms with E-state index in [9.17, 15) is 18.0 Å². The van der Waals surface area contributed by atoms with Gasteiger partial charge in [0, 0.05) is 12.2 Å². The summed E-state index contributed by atoms with van der Waals surface area (Å²) >= 11 is 0. The highest BCUT2D eigenvalue weighted by molar-refractivity contribution is 7.92. The molecule has 0 aliphatic carbocycles. The predicted molar refractivity (Wildman–Crippen MR) is 144 cm³/mol. The first-order valence-electron chi connectivity index (χ1n) is 11.5. The topological polar surface area (TPSA) is 117 Å². The van der Waals surface area contributed by atoms with E-state index in [-0.39, 0.29) is 5.91 Å². The van der Waals surface area contributed by atoms with Gasteiger partial charge >= 0.3 is 5.97 Å². The molecule has 2 N–H and O–H groups in total. The van der Waals surface area contributed by atoms with E-state index in [0.29, 0.717) is 40.4 Å². The minimum Gasteiger partial charge on any atom is -0.465 e. The molecule has 0 saturated heterocycles. The van der Waals surface area contributed by atoms with Crippen LogP contribution in [0.1, 0.15) is 33.0 Å². The average Bonchev–Trinajstić information content (AvgIpc) is 3.17. The molecule has 9 nitrogen and oxygen atoms in total. The van der Waals surface area contributed by atoms with Gasteiger partial charge in [-0.1, -0.05) is 42.5 Å². The number of aliphatic imine (C=N–C) groups is 1. The maximum Gasteiger partial charge on any atom is 0.337 e. The van der Waals surface area contributed by atoms with E-state index in [2.05, 4.69) is 10.0 Å². The number of fused-ring (bicyclic) bond motifs is 1. The molecule has 1 heterocycles. The molecule has 0 saturated carbocycles. The highest BCUT2D eigenvalue weighted by Crippen LogP contribution is 2.37. The van der Waals surface area contributed by atoms with Crippen molar-refractivity contribution in [3.05, 3.63) is 89.0 Å². The number of methoxy groups -OCH3 is 1. The lowest BCUT2D eigenvalue weighted by Gasteiger charge is -2.17. The summed E-state index contributed by atoms with van der Waals surface area (Å²) in [5, 5.41) is 2.85. The molecule has 1 aliphatic rings. The minimum atomic E-state index is -3.53. The quantitative estimate of drug-likeness (QED) is 0.345. The zero-order chi connectivity index (χ0) is 26.7. The van der Waals surface area contributed by atoms with Crippen LogP contribution >= 0.6 is 0 Å². The van der Waals surface area contributed by atoms with E-state index in [1.165, 1.54) is 7.11 Å². The molecule has 0 bridgehead atoms. The second-order valence-corrected chi connectivity index (χ2v) is 10.8. The lowest BCUT2D eigenvalue weighted by atomic mass is 9.90. The second-order valence-electron chi connectivity index (χ2n) is 9.03. The van der Waals surface area contributed by atoms with E-state index in [1.807, 2.05) is 55.4 Å². The number of sulfonamides is 1. The van der Waals surface area contributed by atoms with Crippen LogP contribution in [0, 0.1) is 0 Å².